The molecule has 1 N–H and O–H groups in total. The van der Waals surface area contributed by atoms with Gasteiger partial charge in [0.15, 0.2) is 0 Å². The van der Waals surface area contributed by atoms with E-state index in [9.17, 15) is 14.0 Å². The van der Waals surface area contributed by atoms with Gasteiger partial charge in [-0.25, -0.2) is 4.39 Å². The Hall–Kier alpha value is -2.95. The highest BCUT2D eigenvalue weighted by atomic mass is 19.1. The molecule has 2 atom stereocenters. The Morgan fingerprint density at radius 2 is 1.86 bits per heavy atom. The van der Waals surface area contributed by atoms with E-state index in [4.69, 9.17) is 0 Å². The summed E-state index contributed by atoms with van der Waals surface area (Å²) >= 11 is 0. The molecular formula is C24H25FN2O2. The topological polar surface area (TPSA) is 49.4 Å². The van der Waals surface area contributed by atoms with Gasteiger partial charge in [0, 0.05) is 24.1 Å². The van der Waals surface area contributed by atoms with Gasteiger partial charge in [-0.2, -0.15) is 0 Å². The van der Waals surface area contributed by atoms with E-state index in [1.165, 1.54) is 6.07 Å². The molecular weight excluding hydrogens is 367 g/mol. The van der Waals surface area contributed by atoms with Gasteiger partial charge in [-0.05, 0) is 23.6 Å². The van der Waals surface area contributed by atoms with Gasteiger partial charge >= 0.3 is 0 Å². The molecule has 0 spiro atoms. The quantitative estimate of drug-likeness (QED) is 0.761. The normalized spacial score (nSPS) is 22.7. The van der Waals surface area contributed by atoms with Crippen LogP contribution in [0, 0.1) is 17.2 Å². The molecule has 4 rings (SSSR count). The molecule has 29 heavy (non-hydrogen) atoms. The lowest BCUT2D eigenvalue weighted by molar-refractivity contribution is -0.125. The number of carbonyl (C=O) groups excluding carboxylic acids is 2. The van der Waals surface area contributed by atoms with E-state index in [2.05, 4.69) is 11.4 Å². The molecule has 1 aliphatic heterocycles. The fourth-order valence-corrected chi connectivity index (χ4v) is 4.49. The van der Waals surface area contributed by atoms with Crippen molar-refractivity contribution in [1.29, 1.82) is 0 Å². The van der Waals surface area contributed by atoms with Gasteiger partial charge in [0.25, 0.3) is 0 Å². The number of nitrogens with one attached hydrogen (secondary N) is 1. The van der Waals surface area contributed by atoms with Gasteiger partial charge in [0.2, 0.25) is 5.91 Å². The molecule has 0 saturated carbocycles. The maximum absolute atomic E-state index is 15.0. The Bertz CT molecular complexity index is 1010. The van der Waals surface area contributed by atoms with Crippen LogP contribution >= 0.6 is 0 Å². The van der Waals surface area contributed by atoms with E-state index >= 15 is 0 Å². The molecule has 0 fully saturated rings. The number of anilines is 2. The predicted molar refractivity (Wildman–Crippen MR) is 112 cm³/mol. The lowest BCUT2D eigenvalue weighted by Crippen LogP contribution is -2.43. The first kappa shape index (κ1) is 19.4. The van der Waals surface area contributed by atoms with Crippen molar-refractivity contribution in [2.45, 2.75) is 39.7 Å². The van der Waals surface area contributed by atoms with Gasteiger partial charge in [0.1, 0.15) is 11.6 Å². The SMILES string of the molecule is CCC(=O)N1c2ccccc2NC2=CC(C)(C)CC(=O)C2C1c1ccccc1F. The Labute approximate surface area is 170 Å². The number of rotatable bonds is 2. The minimum absolute atomic E-state index is 0.00922. The molecule has 2 aromatic carbocycles. The monoisotopic (exact) mass is 392 g/mol. The van der Waals surface area contributed by atoms with Crippen molar-refractivity contribution in [2.24, 2.45) is 11.3 Å². The molecule has 150 valence electrons. The predicted octanol–water partition coefficient (Wildman–Crippen LogP) is 5.23. The van der Waals surface area contributed by atoms with Crippen LogP contribution in [-0.4, -0.2) is 11.7 Å². The Morgan fingerprint density at radius 3 is 2.59 bits per heavy atom. The van der Waals surface area contributed by atoms with Crippen LogP contribution in [0.5, 0.6) is 0 Å². The number of nitrogens with zero attached hydrogens (tertiary/aromatic N) is 1. The van der Waals surface area contributed by atoms with Crippen LogP contribution in [0.4, 0.5) is 15.8 Å². The largest absolute Gasteiger partial charge is 0.357 e. The maximum atomic E-state index is 15.0. The number of halogens is 1. The van der Waals surface area contributed by atoms with E-state index in [1.54, 1.807) is 30.0 Å². The summed E-state index contributed by atoms with van der Waals surface area (Å²) in [4.78, 5) is 28.1. The second-order valence-corrected chi connectivity index (χ2v) is 8.43. The molecule has 2 unspecified atom stereocenters. The first-order valence-corrected chi connectivity index (χ1v) is 10.0. The number of hydrogen-bond donors (Lipinski definition) is 1. The molecule has 4 nitrogen and oxygen atoms in total. The molecule has 0 saturated heterocycles. The van der Waals surface area contributed by atoms with Crippen molar-refractivity contribution in [3.8, 4) is 0 Å². The van der Waals surface area contributed by atoms with Crippen molar-refractivity contribution in [1.82, 2.24) is 0 Å². The molecule has 0 bridgehead atoms. The third-order valence-electron chi connectivity index (χ3n) is 5.69. The van der Waals surface area contributed by atoms with E-state index < -0.39 is 17.8 Å². The molecule has 2 aromatic rings. The number of amides is 1. The first-order valence-electron chi connectivity index (χ1n) is 10.0. The average molecular weight is 392 g/mol. The van der Waals surface area contributed by atoms with Crippen molar-refractivity contribution in [3.05, 3.63) is 71.7 Å². The van der Waals surface area contributed by atoms with Crippen LogP contribution in [0.3, 0.4) is 0 Å². The zero-order valence-electron chi connectivity index (χ0n) is 16.9. The second-order valence-electron chi connectivity index (χ2n) is 8.43. The standard InChI is InChI=1S/C24H25FN2O2/c1-4-21(29)27-19-12-8-7-11-17(19)26-18-13-24(2,3)14-20(28)22(18)23(27)15-9-5-6-10-16(15)25/h5-13,22-23,26H,4,14H2,1-3H3. The summed E-state index contributed by atoms with van der Waals surface area (Å²) < 4.78 is 15.0. The number of fused-ring (bicyclic) bond motifs is 2. The lowest BCUT2D eigenvalue weighted by atomic mass is 9.72. The highest BCUT2D eigenvalue weighted by molar-refractivity contribution is 6.01. The van der Waals surface area contributed by atoms with E-state index in [0.717, 1.165) is 11.4 Å². The number of benzene rings is 2. The summed E-state index contributed by atoms with van der Waals surface area (Å²) in [5.41, 5.74) is 2.19. The maximum Gasteiger partial charge on any atom is 0.227 e. The molecule has 1 aliphatic carbocycles. The molecule has 1 heterocycles. The second kappa shape index (κ2) is 7.14. The van der Waals surface area contributed by atoms with Crippen LogP contribution in [0.1, 0.15) is 45.2 Å². The summed E-state index contributed by atoms with van der Waals surface area (Å²) in [5, 5.41) is 3.40. The molecule has 0 radical (unpaired) electrons. The Kier molecular flexibility index (Phi) is 4.77. The molecule has 2 aliphatic rings. The molecule has 0 aromatic heterocycles. The fraction of sp³-hybridized carbons (Fsp3) is 0.333. The van der Waals surface area contributed by atoms with Crippen LogP contribution in [0.15, 0.2) is 60.3 Å². The van der Waals surface area contributed by atoms with E-state index in [-0.39, 0.29) is 23.5 Å². The highest BCUT2D eigenvalue weighted by Gasteiger charge is 2.46. The van der Waals surface area contributed by atoms with Crippen LogP contribution in [0.25, 0.3) is 0 Å². The number of Topliss-reactive ketones (excluding diaryl/α,β-unsaturated/α-hetero) is 1. The number of allylic oxidation sites excluding steroid dienone is 1. The summed E-state index contributed by atoms with van der Waals surface area (Å²) in [6, 6.07) is 13.2. The lowest BCUT2D eigenvalue weighted by Gasteiger charge is -2.39. The summed E-state index contributed by atoms with van der Waals surface area (Å²) in [6.07, 6.45) is 2.66. The molecule has 5 heteroatoms. The van der Waals surface area contributed by atoms with Crippen molar-refractivity contribution < 1.29 is 14.0 Å². The zero-order valence-corrected chi connectivity index (χ0v) is 16.9. The Balaban J connectivity index is 2.03. The summed E-state index contributed by atoms with van der Waals surface area (Å²) in [6.45, 7) is 5.81. The first-order chi connectivity index (χ1) is 13.8. The fourth-order valence-electron chi connectivity index (χ4n) is 4.49. The molecule has 1 amide bonds. The minimum Gasteiger partial charge on any atom is -0.357 e. The van der Waals surface area contributed by atoms with Crippen molar-refractivity contribution in [3.63, 3.8) is 0 Å². The average Bonchev–Trinajstić information content (AvgIpc) is 2.81. The third-order valence-corrected chi connectivity index (χ3v) is 5.69. The van der Waals surface area contributed by atoms with E-state index in [1.807, 2.05) is 38.1 Å². The van der Waals surface area contributed by atoms with Crippen molar-refractivity contribution in [2.75, 3.05) is 10.2 Å². The minimum atomic E-state index is -0.741. The van der Waals surface area contributed by atoms with Gasteiger partial charge in [-0.3, -0.25) is 9.59 Å². The summed E-state index contributed by atoms with van der Waals surface area (Å²) in [5.74, 6) is -1.20. The summed E-state index contributed by atoms with van der Waals surface area (Å²) in [7, 11) is 0. The van der Waals surface area contributed by atoms with E-state index in [0.29, 0.717) is 17.7 Å². The van der Waals surface area contributed by atoms with Gasteiger partial charge in [-0.1, -0.05) is 57.2 Å². The van der Waals surface area contributed by atoms with Crippen LogP contribution in [0.2, 0.25) is 0 Å². The number of hydrogen-bond acceptors (Lipinski definition) is 3. The van der Waals surface area contributed by atoms with Gasteiger partial charge in [0.05, 0.1) is 23.3 Å². The number of ketones is 1. The van der Waals surface area contributed by atoms with Crippen molar-refractivity contribution >= 4 is 23.1 Å². The Morgan fingerprint density at radius 1 is 1.17 bits per heavy atom. The smallest absolute Gasteiger partial charge is 0.227 e. The highest BCUT2D eigenvalue weighted by Crippen LogP contribution is 2.48. The number of para-hydroxylation sites is 2. The zero-order chi connectivity index (χ0) is 20.8. The van der Waals surface area contributed by atoms with Gasteiger partial charge < -0.3 is 10.2 Å². The third kappa shape index (κ3) is 3.35. The van der Waals surface area contributed by atoms with Crippen LogP contribution < -0.4 is 10.2 Å². The van der Waals surface area contributed by atoms with Gasteiger partial charge in [-0.15, -0.1) is 0 Å². The van der Waals surface area contributed by atoms with Crippen LogP contribution in [-0.2, 0) is 9.59 Å². The number of carbonyl (C=O) groups is 2.